The standard InChI is InChI=1S/C47H47N7O2/c55-41(31-53(28-38-13-1-4-24-48-38)29-39-14-2-5-25-49-39)32-54(30-40-15-3-6-26-50-40)33-44-43(16-9-27-51-44)52-45(56)17-8-10-34-18-19-37-21-20-35-11-7-12-36-22-23-42(34)47(37)46(35)36/h1-7,11-16,18-26,41,55H,8-10,17,27-33H2,(H,52,56). The number of aliphatic hydroxyl groups is 1. The van der Waals surface area contributed by atoms with Gasteiger partial charge in [-0.1, -0.05) is 78.9 Å². The molecule has 2 N–H and O–H groups in total. The van der Waals surface area contributed by atoms with Gasteiger partial charge in [-0.2, -0.15) is 0 Å². The lowest BCUT2D eigenvalue weighted by atomic mass is 9.90. The molecule has 0 aliphatic carbocycles. The van der Waals surface area contributed by atoms with E-state index in [0.717, 1.165) is 47.8 Å². The van der Waals surface area contributed by atoms with E-state index in [1.54, 1.807) is 18.6 Å². The average molecular weight is 742 g/mol. The minimum absolute atomic E-state index is 0.0143. The van der Waals surface area contributed by atoms with Gasteiger partial charge in [0.2, 0.25) is 5.91 Å². The fraction of sp³-hybridized carbons (Fsp3) is 0.255. The van der Waals surface area contributed by atoms with Crippen molar-refractivity contribution in [1.29, 1.82) is 0 Å². The lowest BCUT2D eigenvalue weighted by Crippen LogP contribution is -2.43. The second-order valence-electron chi connectivity index (χ2n) is 14.7. The highest BCUT2D eigenvalue weighted by atomic mass is 16.3. The Kier molecular flexibility index (Phi) is 11.7. The Bertz CT molecular complexity index is 2380. The van der Waals surface area contributed by atoms with Gasteiger partial charge in [-0.3, -0.25) is 34.5 Å². The number of hydrogen-bond donors (Lipinski definition) is 2. The van der Waals surface area contributed by atoms with Crippen LogP contribution in [-0.2, 0) is 30.8 Å². The number of rotatable bonds is 17. The Morgan fingerprint density at radius 2 is 1.23 bits per heavy atom. The number of carbonyl (C=O) groups excluding carboxylic acids is 1. The van der Waals surface area contributed by atoms with E-state index in [1.165, 1.54) is 37.9 Å². The van der Waals surface area contributed by atoms with Crippen LogP contribution in [0.1, 0.15) is 41.9 Å². The molecular formula is C47H47N7O2. The highest BCUT2D eigenvalue weighted by Crippen LogP contribution is 2.36. The third-order valence-corrected chi connectivity index (χ3v) is 10.5. The summed E-state index contributed by atoms with van der Waals surface area (Å²) in [5.41, 5.74) is 5.61. The number of nitrogens with zero attached hydrogens (tertiary/aromatic N) is 6. The van der Waals surface area contributed by atoms with Crippen LogP contribution in [0.25, 0.3) is 32.3 Å². The fourth-order valence-corrected chi connectivity index (χ4v) is 7.93. The monoisotopic (exact) mass is 741 g/mol. The molecule has 9 heteroatoms. The maximum absolute atomic E-state index is 13.5. The van der Waals surface area contributed by atoms with Crippen molar-refractivity contribution in [2.24, 2.45) is 4.99 Å². The van der Waals surface area contributed by atoms with Gasteiger partial charge in [0, 0.05) is 70.8 Å². The van der Waals surface area contributed by atoms with Crippen molar-refractivity contribution in [3.8, 4) is 0 Å². The number of benzene rings is 4. The van der Waals surface area contributed by atoms with Crippen LogP contribution < -0.4 is 5.32 Å². The van der Waals surface area contributed by atoms with Gasteiger partial charge >= 0.3 is 0 Å². The molecule has 8 rings (SSSR count). The number of carbonyl (C=O) groups is 1. The summed E-state index contributed by atoms with van der Waals surface area (Å²) in [6.45, 7) is 3.61. The molecule has 4 aromatic carbocycles. The van der Waals surface area contributed by atoms with Crippen LogP contribution in [0.2, 0.25) is 0 Å². The quantitative estimate of drug-likeness (QED) is 0.0932. The largest absolute Gasteiger partial charge is 0.390 e. The molecule has 1 aliphatic rings. The van der Waals surface area contributed by atoms with E-state index in [2.05, 4.69) is 90.7 Å². The number of pyridine rings is 3. The van der Waals surface area contributed by atoms with Crippen LogP contribution in [0.3, 0.4) is 0 Å². The number of aromatic nitrogens is 3. The van der Waals surface area contributed by atoms with Gasteiger partial charge < -0.3 is 10.4 Å². The predicted octanol–water partition coefficient (Wildman–Crippen LogP) is 7.50. The first-order valence-electron chi connectivity index (χ1n) is 19.6. The number of aliphatic imine (C=N–C) groups is 1. The minimum Gasteiger partial charge on any atom is -0.390 e. The maximum Gasteiger partial charge on any atom is 0.224 e. The fourth-order valence-electron chi connectivity index (χ4n) is 7.93. The molecule has 1 aliphatic heterocycles. The first kappa shape index (κ1) is 37.1. The van der Waals surface area contributed by atoms with Gasteiger partial charge in [0.15, 0.2) is 0 Å². The number of nitrogens with one attached hydrogen (secondary N) is 1. The third kappa shape index (κ3) is 9.14. The van der Waals surface area contributed by atoms with Crippen molar-refractivity contribution in [1.82, 2.24) is 30.1 Å². The number of hydrogen-bond acceptors (Lipinski definition) is 8. The van der Waals surface area contributed by atoms with E-state index < -0.39 is 6.10 Å². The van der Waals surface area contributed by atoms with E-state index in [0.29, 0.717) is 52.2 Å². The van der Waals surface area contributed by atoms with E-state index in [1.807, 2.05) is 54.6 Å². The van der Waals surface area contributed by atoms with Crippen molar-refractivity contribution in [3.05, 3.63) is 162 Å². The molecule has 0 radical (unpaired) electrons. The Labute approximate surface area is 327 Å². The first-order valence-corrected chi connectivity index (χ1v) is 19.6. The van der Waals surface area contributed by atoms with Gasteiger partial charge in [0.1, 0.15) is 0 Å². The summed E-state index contributed by atoms with van der Waals surface area (Å²) in [5, 5.41) is 22.5. The zero-order chi connectivity index (χ0) is 38.1. The van der Waals surface area contributed by atoms with Crippen molar-refractivity contribution in [2.75, 3.05) is 26.2 Å². The molecular weight excluding hydrogens is 695 g/mol. The number of dihydropyridines is 1. The summed E-state index contributed by atoms with van der Waals surface area (Å²) in [6.07, 6.45) is 9.50. The van der Waals surface area contributed by atoms with Crippen LogP contribution >= 0.6 is 0 Å². The number of amides is 1. The Balaban J connectivity index is 0.919. The van der Waals surface area contributed by atoms with E-state index in [9.17, 15) is 9.90 Å². The van der Waals surface area contributed by atoms with E-state index >= 15 is 0 Å². The average Bonchev–Trinajstić information content (AvgIpc) is 3.22. The second-order valence-corrected chi connectivity index (χ2v) is 14.7. The Hall–Kier alpha value is -5.87. The van der Waals surface area contributed by atoms with Crippen LogP contribution in [-0.4, -0.2) is 73.8 Å². The molecule has 4 heterocycles. The molecule has 0 saturated carbocycles. The lowest BCUT2D eigenvalue weighted by molar-refractivity contribution is -0.120. The van der Waals surface area contributed by atoms with Crippen LogP contribution in [0.5, 0.6) is 0 Å². The first-order chi connectivity index (χ1) is 27.6. The normalized spacial score (nSPS) is 13.8. The van der Waals surface area contributed by atoms with Gasteiger partial charge in [-0.15, -0.1) is 0 Å². The predicted molar refractivity (Wildman–Crippen MR) is 224 cm³/mol. The Morgan fingerprint density at radius 3 is 1.84 bits per heavy atom. The smallest absolute Gasteiger partial charge is 0.224 e. The van der Waals surface area contributed by atoms with Gasteiger partial charge in [0.25, 0.3) is 0 Å². The summed E-state index contributed by atoms with van der Waals surface area (Å²) in [6, 6.07) is 37.4. The van der Waals surface area contributed by atoms with Gasteiger partial charge in [-0.25, -0.2) is 0 Å². The van der Waals surface area contributed by atoms with Crippen molar-refractivity contribution in [3.63, 3.8) is 0 Å². The molecule has 0 spiro atoms. The minimum atomic E-state index is -0.683. The van der Waals surface area contributed by atoms with Gasteiger partial charge in [-0.05, 0) is 93.5 Å². The summed E-state index contributed by atoms with van der Waals surface area (Å²) >= 11 is 0. The molecule has 3 aromatic heterocycles. The molecule has 1 atom stereocenters. The summed E-state index contributed by atoms with van der Waals surface area (Å²) < 4.78 is 0. The lowest BCUT2D eigenvalue weighted by Gasteiger charge is -2.30. The Morgan fingerprint density at radius 1 is 0.661 bits per heavy atom. The topological polar surface area (TPSA) is 107 Å². The highest BCUT2D eigenvalue weighted by Gasteiger charge is 2.22. The number of aryl methyl sites for hydroxylation is 1. The van der Waals surface area contributed by atoms with Crippen molar-refractivity contribution >= 4 is 43.9 Å². The third-order valence-electron chi connectivity index (χ3n) is 10.5. The molecule has 282 valence electrons. The molecule has 0 saturated heterocycles. The van der Waals surface area contributed by atoms with Crippen LogP contribution in [0, 0.1) is 0 Å². The van der Waals surface area contributed by atoms with Crippen molar-refractivity contribution < 1.29 is 9.90 Å². The zero-order valence-electron chi connectivity index (χ0n) is 31.6. The van der Waals surface area contributed by atoms with Gasteiger partial charge in [0.05, 0.1) is 34.6 Å². The molecule has 0 bridgehead atoms. The maximum atomic E-state index is 13.5. The molecule has 7 aromatic rings. The van der Waals surface area contributed by atoms with E-state index in [4.69, 9.17) is 4.99 Å². The summed E-state index contributed by atoms with van der Waals surface area (Å²) in [7, 11) is 0. The molecule has 9 nitrogen and oxygen atoms in total. The van der Waals surface area contributed by atoms with Crippen molar-refractivity contribution in [2.45, 2.75) is 51.4 Å². The number of aliphatic hydroxyl groups excluding tert-OH is 1. The molecule has 0 fully saturated rings. The second kappa shape index (κ2) is 17.7. The van der Waals surface area contributed by atoms with E-state index in [-0.39, 0.29) is 5.91 Å². The summed E-state index contributed by atoms with van der Waals surface area (Å²) in [4.78, 5) is 36.4. The van der Waals surface area contributed by atoms with Crippen LogP contribution in [0.15, 0.2) is 145 Å². The molecule has 1 unspecified atom stereocenters. The molecule has 56 heavy (non-hydrogen) atoms. The highest BCUT2D eigenvalue weighted by molar-refractivity contribution is 6.23. The molecule has 1 amide bonds. The van der Waals surface area contributed by atoms with Crippen LogP contribution in [0.4, 0.5) is 0 Å². The summed E-state index contributed by atoms with van der Waals surface area (Å²) in [5.74, 6) is -0.0143. The zero-order valence-corrected chi connectivity index (χ0v) is 31.6. The SMILES string of the molecule is O=C(CCCc1ccc2ccc3cccc4ccc1c2c34)NC1=CCCN=C1CN(Cc1ccccn1)CC(O)CN(Cc1ccccn1)Cc1ccccn1.